The molecule has 96 valence electrons. The van der Waals surface area contributed by atoms with E-state index < -0.39 is 0 Å². The molecule has 5 nitrogen and oxygen atoms in total. The minimum atomic E-state index is 0.190. The van der Waals surface area contributed by atoms with Gasteiger partial charge in [-0.05, 0) is 27.0 Å². The monoisotopic (exact) mass is 246 g/mol. The molecule has 0 fully saturated rings. The van der Waals surface area contributed by atoms with E-state index in [9.17, 15) is 0 Å². The van der Waals surface area contributed by atoms with Crippen molar-refractivity contribution in [1.29, 1.82) is 0 Å². The van der Waals surface area contributed by atoms with Crippen molar-refractivity contribution >= 4 is 0 Å². The van der Waals surface area contributed by atoms with Crippen molar-refractivity contribution in [2.24, 2.45) is 0 Å². The van der Waals surface area contributed by atoms with Crippen molar-refractivity contribution in [3.8, 4) is 11.6 Å². The molecule has 0 spiro atoms. The van der Waals surface area contributed by atoms with Gasteiger partial charge >= 0.3 is 0 Å². The normalized spacial score (nSPS) is 12.4. The maximum Gasteiger partial charge on any atom is 0.224 e. The summed E-state index contributed by atoms with van der Waals surface area (Å²) in [6, 6.07) is 4.11. The third-order valence-corrected chi connectivity index (χ3v) is 2.85. The molecule has 0 radical (unpaired) electrons. The average Bonchev–Trinajstić information content (AvgIpc) is 2.86. The van der Waals surface area contributed by atoms with Gasteiger partial charge in [0, 0.05) is 24.3 Å². The van der Waals surface area contributed by atoms with Crippen LogP contribution in [0, 0.1) is 0 Å². The summed E-state index contributed by atoms with van der Waals surface area (Å²) >= 11 is 0. The minimum Gasteiger partial charge on any atom is -0.435 e. The zero-order valence-electron chi connectivity index (χ0n) is 10.9. The van der Waals surface area contributed by atoms with E-state index in [-0.39, 0.29) is 6.04 Å². The lowest BCUT2D eigenvalue weighted by Gasteiger charge is -2.14. The Morgan fingerprint density at radius 1 is 1.50 bits per heavy atom. The quantitative estimate of drug-likeness (QED) is 0.880. The fraction of sp³-hybridized carbons (Fsp3) is 0.385. The Hall–Kier alpha value is -1.88. The van der Waals surface area contributed by atoms with Crippen molar-refractivity contribution in [2.75, 3.05) is 7.05 Å². The number of pyridine rings is 1. The van der Waals surface area contributed by atoms with Gasteiger partial charge in [0.2, 0.25) is 5.88 Å². The van der Waals surface area contributed by atoms with Crippen LogP contribution in [0.2, 0.25) is 0 Å². The summed E-state index contributed by atoms with van der Waals surface area (Å²) in [5, 5.41) is 7.36. The van der Waals surface area contributed by atoms with Crippen molar-refractivity contribution in [2.45, 2.75) is 26.4 Å². The van der Waals surface area contributed by atoms with Crippen LogP contribution in [0.4, 0.5) is 0 Å². The molecule has 1 N–H and O–H groups in total. The van der Waals surface area contributed by atoms with Gasteiger partial charge < -0.3 is 10.1 Å². The SMILES string of the molecule is CCn1cc(Oc2ncccc2C(C)NC)cn1. The molecule has 1 unspecified atom stereocenters. The molecule has 1 atom stereocenters. The third kappa shape index (κ3) is 2.68. The van der Waals surface area contributed by atoms with Crippen LogP contribution in [-0.2, 0) is 6.54 Å². The van der Waals surface area contributed by atoms with Crippen LogP contribution < -0.4 is 10.1 Å². The second kappa shape index (κ2) is 5.64. The lowest BCUT2D eigenvalue weighted by Crippen LogP contribution is -2.13. The molecule has 0 bridgehead atoms. The van der Waals surface area contributed by atoms with E-state index in [0.717, 1.165) is 12.1 Å². The van der Waals surface area contributed by atoms with Crippen molar-refractivity contribution < 1.29 is 4.74 Å². The zero-order chi connectivity index (χ0) is 13.0. The Morgan fingerprint density at radius 3 is 3.00 bits per heavy atom. The first-order valence-corrected chi connectivity index (χ1v) is 6.07. The van der Waals surface area contributed by atoms with Gasteiger partial charge in [0.15, 0.2) is 5.75 Å². The highest BCUT2D eigenvalue weighted by Crippen LogP contribution is 2.26. The summed E-state index contributed by atoms with van der Waals surface area (Å²) in [6.45, 7) is 4.93. The summed E-state index contributed by atoms with van der Waals surface area (Å²) in [7, 11) is 1.91. The topological polar surface area (TPSA) is 52.0 Å². The minimum absolute atomic E-state index is 0.190. The number of hydrogen-bond donors (Lipinski definition) is 1. The average molecular weight is 246 g/mol. The lowest BCUT2D eigenvalue weighted by atomic mass is 10.1. The van der Waals surface area contributed by atoms with Gasteiger partial charge in [-0.15, -0.1) is 0 Å². The standard InChI is InChI=1S/C13H18N4O/c1-4-17-9-11(8-16-17)18-13-12(10(2)14-3)6-5-7-15-13/h5-10,14H,4H2,1-3H3. The molecule has 0 saturated carbocycles. The fourth-order valence-corrected chi connectivity index (χ4v) is 1.66. The van der Waals surface area contributed by atoms with Crippen LogP contribution >= 0.6 is 0 Å². The maximum absolute atomic E-state index is 5.78. The smallest absolute Gasteiger partial charge is 0.224 e. The van der Waals surface area contributed by atoms with Crippen LogP contribution in [0.25, 0.3) is 0 Å². The Morgan fingerprint density at radius 2 is 2.33 bits per heavy atom. The molecule has 2 heterocycles. The first-order chi connectivity index (χ1) is 8.74. The summed E-state index contributed by atoms with van der Waals surface area (Å²) in [5.41, 5.74) is 1.03. The van der Waals surface area contributed by atoms with Gasteiger partial charge in [-0.3, -0.25) is 4.68 Å². The van der Waals surface area contributed by atoms with Crippen molar-refractivity contribution in [1.82, 2.24) is 20.1 Å². The highest BCUT2D eigenvalue weighted by molar-refractivity contribution is 5.32. The van der Waals surface area contributed by atoms with E-state index in [1.165, 1.54) is 0 Å². The summed E-state index contributed by atoms with van der Waals surface area (Å²) in [4.78, 5) is 4.28. The number of nitrogens with one attached hydrogen (secondary N) is 1. The van der Waals surface area contributed by atoms with E-state index in [1.54, 1.807) is 12.4 Å². The van der Waals surface area contributed by atoms with Crippen LogP contribution in [-0.4, -0.2) is 21.8 Å². The number of ether oxygens (including phenoxy) is 1. The molecular weight excluding hydrogens is 228 g/mol. The Kier molecular flexibility index (Phi) is 3.94. The van der Waals surface area contributed by atoms with E-state index in [2.05, 4.69) is 22.3 Å². The molecule has 2 aromatic heterocycles. The molecular formula is C13H18N4O. The first-order valence-electron chi connectivity index (χ1n) is 6.07. The number of aryl methyl sites for hydroxylation is 1. The molecule has 0 saturated heterocycles. The Balaban J connectivity index is 2.23. The van der Waals surface area contributed by atoms with Gasteiger partial charge in [-0.2, -0.15) is 5.10 Å². The largest absolute Gasteiger partial charge is 0.435 e. The van der Waals surface area contributed by atoms with Crippen LogP contribution in [0.3, 0.4) is 0 Å². The number of hydrogen-bond acceptors (Lipinski definition) is 4. The number of nitrogens with zero attached hydrogens (tertiary/aromatic N) is 3. The second-order valence-electron chi connectivity index (χ2n) is 4.04. The summed E-state index contributed by atoms with van der Waals surface area (Å²) in [5.74, 6) is 1.33. The summed E-state index contributed by atoms with van der Waals surface area (Å²) < 4.78 is 7.60. The highest BCUT2D eigenvalue weighted by Gasteiger charge is 2.12. The van der Waals surface area contributed by atoms with E-state index in [1.807, 2.05) is 37.0 Å². The summed E-state index contributed by atoms with van der Waals surface area (Å²) in [6.07, 6.45) is 5.29. The van der Waals surface area contributed by atoms with E-state index >= 15 is 0 Å². The van der Waals surface area contributed by atoms with Crippen LogP contribution in [0.5, 0.6) is 11.6 Å². The van der Waals surface area contributed by atoms with E-state index in [0.29, 0.717) is 11.6 Å². The predicted molar refractivity (Wildman–Crippen MR) is 69.7 cm³/mol. The zero-order valence-corrected chi connectivity index (χ0v) is 10.9. The Labute approximate surface area is 107 Å². The molecule has 0 amide bonds. The van der Waals surface area contributed by atoms with Gasteiger partial charge in [0.1, 0.15) is 0 Å². The van der Waals surface area contributed by atoms with Gasteiger partial charge in [0.25, 0.3) is 0 Å². The fourth-order valence-electron chi connectivity index (χ4n) is 1.66. The van der Waals surface area contributed by atoms with Gasteiger partial charge in [-0.1, -0.05) is 6.07 Å². The second-order valence-corrected chi connectivity index (χ2v) is 4.04. The van der Waals surface area contributed by atoms with Crippen molar-refractivity contribution in [3.05, 3.63) is 36.3 Å². The molecule has 0 aliphatic heterocycles. The van der Waals surface area contributed by atoms with Crippen LogP contribution in [0.1, 0.15) is 25.5 Å². The number of rotatable bonds is 5. The molecule has 0 aromatic carbocycles. The molecule has 5 heteroatoms. The van der Waals surface area contributed by atoms with E-state index in [4.69, 9.17) is 4.74 Å². The molecule has 0 aliphatic carbocycles. The molecule has 0 aliphatic rings. The maximum atomic E-state index is 5.78. The van der Waals surface area contributed by atoms with Crippen LogP contribution in [0.15, 0.2) is 30.7 Å². The third-order valence-electron chi connectivity index (χ3n) is 2.85. The molecule has 18 heavy (non-hydrogen) atoms. The van der Waals surface area contributed by atoms with Crippen molar-refractivity contribution in [3.63, 3.8) is 0 Å². The molecule has 2 rings (SSSR count). The highest BCUT2D eigenvalue weighted by atomic mass is 16.5. The lowest BCUT2D eigenvalue weighted by molar-refractivity contribution is 0.446. The van der Waals surface area contributed by atoms with Gasteiger partial charge in [-0.25, -0.2) is 4.98 Å². The number of aromatic nitrogens is 3. The predicted octanol–water partition coefficient (Wildman–Crippen LogP) is 2.37. The molecule has 2 aromatic rings. The Bertz CT molecular complexity index is 509. The first kappa shape index (κ1) is 12.6. The van der Waals surface area contributed by atoms with Gasteiger partial charge in [0.05, 0.1) is 12.4 Å².